The minimum absolute atomic E-state index is 0. The number of amides is 1. The van der Waals surface area contributed by atoms with Gasteiger partial charge in [-0.15, -0.1) is 23.7 Å². The van der Waals surface area contributed by atoms with Crippen LogP contribution >= 0.6 is 23.7 Å². The molecule has 27 heavy (non-hydrogen) atoms. The summed E-state index contributed by atoms with van der Waals surface area (Å²) in [6.07, 6.45) is 1.91. The standard InChI is InChI=1S/C18H26N4O3S.ClH/c1-10-14-16(25-4)20-13(9-24-3)21-17(14)26-15(10)18(23)22-7-5-12(6-8-22)11(2)19;/h11-12H,5-9,19H2,1-4H3;1H. The van der Waals surface area contributed by atoms with E-state index in [0.717, 1.165) is 41.7 Å². The van der Waals surface area contributed by atoms with Crippen LogP contribution in [0.25, 0.3) is 10.2 Å². The highest BCUT2D eigenvalue weighted by molar-refractivity contribution is 7.20. The SMILES string of the molecule is COCc1nc(OC)c2c(C)c(C(=O)N3CCC(C(C)N)CC3)sc2n1.Cl. The zero-order chi connectivity index (χ0) is 18.8. The molecule has 0 spiro atoms. The van der Waals surface area contributed by atoms with Crippen molar-refractivity contribution in [3.63, 3.8) is 0 Å². The number of carbonyl (C=O) groups is 1. The first-order valence-electron chi connectivity index (χ1n) is 8.84. The van der Waals surface area contributed by atoms with E-state index < -0.39 is 0 Å². The summed E-state index contributed by atoms with van der Waals surface area (Å²) < 4.78 is 10.6. The van der Waals surface area contributed by atoms with Gasteiger partial charge in [0, 0.05) is 26.2 Å². The van der Waals surface area contributed by atoms with Crippen molar-refractivity contribution in [3.05, 3.63) is 16.3 Å². The van der Waals surface area contributed by atoms with Crippen LogP contribution in [0.1, 0.15) is 40.8 Å². The average Bonchev–Trinajstić information content (AvgIpc) is 2.97. The Balaban J connectivity index is 0.00000261. The number of thiophene rings is 1. The maximum absolute atomic E-state index is 13.1. The molecule has 1 aliphatic rings. The topological polar surface area (TPSA) is 90.6 Å². The molecule has 2 N–H and O–H groups in total. The van der Waals surface area contributed by atoms with Gasteiger partial charge in [0.2, 0.25) is 5.88 Å². The van der Waals surface area contributed by atoms with E-state index in [0.29, 0.717) is 29.1 Å². The highest BCUT2D eigenvalue weighted by Gasteiger charge is 2.29. The van der Waals surface area contributed by atoms with Crippen molar-refractivity contribution in [1.82, 2.24) is 14.9 Å². The molecule has 7 nitrogen and oxygen atoms in total. The molecular formula is C18H27ClN4O3S. The summed E-state index contributed by atoms with van der Waals surface area (Å²) >= 11 is 1.40. The number of hydrogen-bond donors (Lipinski definition) is 1. The van der Waals surface area contributed by atoms with E-state index in [4.69, 9.17) is 15.2 Å². The third kappa shape index (κ3) is 4.34. The Morgan fingerprint density at radius 3 is 2.56 bits per heavy atom. The normalized spacial score (nSPS) is 16.3. The molecule has 0 radical (unpaired) electrons. The number of aromatic nitrogens is 2. The summed E-state index contributed by atoms with van der Waals surface area (Å²) in [7, 11) is 3.18. The van der Waals surface area contributed by atoms with Crippen LogP contribution in [0.4, 0.5) is 0 Å². The number of rotatable bonds is 5. The number of halogens is 1. The highest BCUT2D eigenvalue weighted by atomic mass is 35.5. The van der Waals surface area contributed by atoms with E-state index in [1.165, 1.54) is 11.3 Å². The Morgan fingerprint density at radius 1 is 1.33 bits per heavy atom. The second kappa shape index (κ2) is 9.14. The van der Waals surface area contributed by atoms with Crippen LogP contribution in [0, 0.1) is 12.8 Å². The number of likely N-dealkylation sites (tertiary alicyclic amines) is 1. The number of ether oxygens (including phenoxy) is 2. The van der Waals surface area contributed by atoms with E-state index in [2.05, 4.69) is 9.97 Å². The lowest BCUT2D eigenvalue weighted by atomic mass is 9.91. The van der Waals surface area contributed by atoms with Crippen molar-refractivity contribution in [1.29, 1.82) is 0 Å². The molecule has 9 heteroatoms. The van der Waals surface area contributed by atoms with E-state index >= 15 is 0 Å². The Morgan fingerprint density at radius 2 is 2.00 bits per heavy atom. The van der Waals surface area contributed by atoms with Gasteiger partial charge >= 0.3 is 0 Å². The van der Waals surface area contributed by atoms with Crippen LogP contribution < -0.4 is 10.5 Å². The summed E-state index contributed by atoms with van der Waals surface area (Å²) in [5.41, 5.74) is 6.88. The molecule has 0 saturated carbocycles. The van der Waals surface area contributed by atoms with Gasteiger partial charge in [-0.1, -0.05) is 0 Å². The van der Waals surface area contributed by atoms with Gasteiger partial charge in [0.15, 0.2) is 5.82 Å². The van der Waals surface area contributed by atoms with Crippen molar-refractivity contribution in [3.8, 4) is 5.88 Å². The monoisotopic (exact) mass is 414 g/mol. The van der Waals surface area contributed by atoms with Gasteiger partial charge in [0.25, 0.3) is 5.91 Å². The fraction of sp³-hybridized carbons (Fsp3) is 0.611. The Hall–Kier alpha value is -1.48. The first kappa shape index (κ1) is 21.8. The van der Waals surface area contributed by atoms with Gasteiger partial charge in [-0.05, 0) is 38.2 Å². The smallest absolute Gasteiger partial charge is 0.264 e. The fourth-order valence-electron chi connectivity index (χ4n) is 3.46. The molecule has 2 aromatic rings. The van der Waals surface area contributed by atoms with Gasteiger partial charge in [-0.2, -0.15) is 4.98 Å². The lowest BCUT2D eigenvalue weighted by Crippen LogP contribution is -2.42. The number of fused-ring (bicyclic) bond motifs is 1. The first-order chi connectivity index (χ1) is 12.5. The predicted molar refractivity (Wildman–Crippen MR) is 109 cm³/mol. The van der Waals surface area contributed by atoms with Gasteiger partial charge in [-0.25, -0.2) is 4.98 Å². The van der Waals surface area contributed by atoms with Crippen LogP contribution in [0.15, 0.2) is 0 Å². The lowest BCUT2D eigenvalue weighted by molar-refractivity contribution is 0.0685. The summed E-state index contributed by atoms with van der Waals surface area (Å²) in [6.45, 7) is 5.77. The van der Waals surface area contributed by atoms with Crippen molar-refractivity contribution in [2.75, 3.05) is 27.3 Å². The van der Waals surface area contributed by atoms with E-state index in [-0.39, 0.29) is 24.4 Å². The number of aryl methyl sites for hydroxylation is 1. The molecule has 2 aromatic heterocycles. The molecule has 1 unspecified atom stereocenters. The van der Waals surface area contributed by atoms with Gasteiger partial charge in [0.1, 0.15) is 11.4 Å². The zero-order valence-electron chi connectivity index (χ0n) is 16.2. The molecular weight excluding hydrogens is 388 g/mol. The molecule has 1 saturated heterocycles. The molecule has 1 aliphatic heterocycles. The van der Waals surface area contributed by atoms with Gasteiger partial charge in [0.05, 0.1) is 17.4 Å². The van der Waals surface area contributed by atoms with E-state index in [1.54, 1.807) is 14.2 Å². The van der Waals surface area contributed by atoms with Crippen molar-refractivity contribution >= 4 is 39.9 Å². The van der Waals surface area contributed by atoms with Crippen LogP contribution in [0.3, 0.4) is 0 Å². The maximum atomic E-state index is 13.1. The highest BCUT2D eigenvalue weighted by Crippen LogP contribution is 2.36. The molecule has 1 amide bonds. The number of methoxy groups -OCH3 is 2. The first-order valence-corrected chi connectivity index (χ1v) is 9.65. The minimum Gasteiger partial charge on any atom is -0.480 e. The fourth-order valence-corrected chi connectivity index (χ4v) is 4.62. The maximum Gasteiger partial charge on any atom is 0.264 e. The number of nitrogens with zero attached hydrogens (tertiary/aromatic N) is 3. The summed E-state index contributed by atoms with van der Waals surface area (Å²) in [5.74, 6) is 1.59. The van der Waals surface area contributed by atoms with Crippen molar-refractivity contribution in [2.24, 2.45) is 11.7 Å². The minimum atomic E-state index is 0. The summed E-state index contributed by atoms with van der Waals surface area (Å²) in [6, 6.07) is 0.178. The van der Waals surface area contributed by atoms with Crippen molar-refractivity contribution in [2.45, 2.75) is 39.3 Å². The van der Waals surface area contributed by atoms with Crippen LogP contribution in [0.5, 0.6) is 5.88 Å². The molecule has 150 valence electrons. The largest absolute Gasteiger partial charge is 0.480 e. The number of piperidine rings is 1. The van der Waals surface area contributed by atoms with Crippen LogP contribution in [-0.4, -0.2) is 54.1 Å². The Bertz CT molecular complexity index is 803. The number of carbonyl (C=O) groups excluding carboxylic acids is 1. The second-order valence-corrected chi connectivity index (χ2v) is 7.81. The van der Waals surface area contributed by atoms with E-state index in [9.17, 15) is 4.79 Å². The molecule has 0 aromatic carbocycles. The molecule has 0 bridgehead atoms. The van der Waals surface area contributed by atoms with Gasteiger partial charge < -0.3 is 20.1 Å². The molecule has 3 rings (SSSR count). The second-order valence-electron chi connectivity index (χ2n) is 6.81. The van der Waals surface area contributed by atoms with Crippen LogP contribution in [0.2, 0.25) is 0 Å². The molecule has 3 heterocycles. The number of hydrogen-bond acceptors (Lipinski definition) is 7. The van der Waals surface area contributed by atoms with Gasteiger partial charge in [-0.3, -0.25) is 4.79 Å². The Kier molecular flexibility index (Phi) is 7.39. The van der Waals surface area contributed by atoms with E-state index in [1.807, 2.05) is 18.7 Å². The third-order valence-electron chi connectivity index (χ3n) is 5.03. The number of nitrogens with two attached hydrogens (primary N) is 1. The predicted octanol–water partition coefficient (Wildman–Crippen LogP) is 2.78. The third-order valence-corrected chi connectivity index (χ3v) is 6.21. The molecule has 1 atom stereocenters. The molecule has 1 fully saturated rings. The van der Waals surface area contributed by atoms with Crippen molar-refractivity contribution < 1.29 is 14.3 Å². The summed E-state index contributed by atoms with van der Waals surface area (Å²) in [5, 5.41) is 0.811. The quantitative estimate of drug-likeness (QED) is 0.808. The van der Waals surface area contributed by atoms with Crippen LogP contribution in [-0.2, 0) is 11.3 Å². The lowest BCUT2D eigenvalue weighted by Gasteiger charge is -2.33. The Labute approximate surface area is 169 Å². The molecule has 0 aliphatic carbocycles. The zero-order valence-corrected chi connectivity index (χ0v) is 17.8. The average molecular weight is 415 g/mol. The summed E-state index contributed by atoms with van der Waals surface area (Å²) in [4.78, 5) is 25.4.